The summed E-state index contributed by atoms with van der Waals surface area (Å²) in [6.07, 6.45) is 0.0136. The zero-order valence-electron chi connectivity index (χ0n) is 8.92. The minimum atomic E-state index is -1.21. The van der Waals surface area contributed by atoms with Gasteiger partial charge in [-0.3, -0.25) is 14.9 Å². The summed E-state index contributed by atoms with van der Waals surface area (Å²) in [4.78, 5) is 31.6. The number of carboxylic acids is 1. The third kappa shape index (κ3) is 4.02. The van der Waals surface area contributed by atoms with Gasteiger partial charge in [0.05, 0.1) is 4.92 Å². The number of non-ortho nitro benzene ring substituents is 1. The summed E-state index contributed by atoms with van der Waals surface area (Å²) in [5.74, 6) is -1.52. The van der Waals surface area contributed by atoms with Crippen molar-refractivity contribution in [3.63, 3.8) is 0 Å². The number of nitro benzene ring substituents is 1. The van der Waals surface area contributed by atoms with Gasteiger partial charge in [-0.2, -0.15) is 0 Å². The topological polar surface area (TPSA) is 100 Å². The minimum Gasteiger partial charge on any atom is -0.550 e. The van der Waals surface area contributed by atoms with Crippen LogP contribution in [0.2, 0.25) is 0 Å². The molecule has 17 heavy (non-hydrogen) atoms. The smallest absolute Gasteiger partial charge is 0.270 e. The molecule has 0 aliphatic heterocycles. The normalized spacial score (nSPS) is 9.88. The van der Waals surface area contributed by atoms with Crippen LogP contribution in [0.4, 0.5) is 5.69 Å². The maximum absolute atomic E-state index is 11.6. The Morgan fingerprint density at radius 3 is 2.53 bits per heavy atom. The maximum Gasteiger partial charge on any atom is 0.270 e. The van der Waals surface area contributed by atoms with Crippen molar-refractivity contribution in [2.45, 2.75) is 19.3 Å². The fourth-order valence-corrected chi connectivity index (χ4v) is 1.33. The molecule has 0 fully saturated rings. The van der Waals surface area contributed by atoms with Crippen molar-refractivity contribution in [1.29, 1.82) is 0 Å². The van der Waals surface area contributed by atoms with Crippen molar-refractivity contribution in [2.24, 2.45) is 0 Å². The second-order valence-electron chi connectivity index (χ2n) is 3.46. The quantitative estimate of drug-likeness (QED) is 0.411. The van der Waals surface area contributed by atoms with E-state index >= 15 is 0 Å². The molecule has 6 heteroatoms. The number of carboxylic acid groups (broad SMARTS) is 1. The molecule has 0 heterocycles. The van der Waals surface area contributed by atoms with E-state index in [0.717, 1.165) is 0 Å². The molecule has 0 radical (unpaired) electrons. The Hall–Kier alpha value is -2.24. The van der Waals surface area contributed by atoms with E-state index in [9.17, 15) is 24.8 Å². The third-order valence-corrected chi connectivity index (χ3v) is 2.16. The molecule has 0 aromatic heterocycles. The number of nitro groups is 1. The number of benzene rings is 1. The van der Waals surface area contributed by atoms with Gasteiger partial charge in [-0.05, 0) is 12.8 Å². The summed E-state index contributed by atoms with van der Waals surface area (Å²) < 4.78 is 0. The van der Waals surface area contributed by atoms with Gasteiger partial charge in [-0.1, -0.05) is 12.1 Å². The van der Waals surface area contributed by atoms with Crippen LogP contribution in [-0.4, -0.2) is 16.7 Å². The Labute approximate surface area is 97.0 Å². The van der Waals surface area contributed by atoms with Crippen LogP contribution in [0.15, 0.2) is 24.3 Å². The standard InChI is InChI=1S/C11H11NO5/c13-10(5-2-6-11(14)15)8-3-1-4-9(7-8)12(16)17/h1,3-4,7H,2,5-6H2,(H,14,15)/p-1. The lowest BCUT2D eigenvalue weighted by molar-refractivity contribution is -0.384. The summed E-state index contributed by atoms with van der Waals surface area (Å²) >= 11 is 0. The minimum absolute atomic E-state index is 0.0369. The predicted molar refractivity (Wildman–Crippen MR) is 56.3 cm³/mol. The highest BCUT2D eigenvalue weighted by atomic mass is 16.6. The van der Waals surface area contributed by atoms with Crippen LogP contribution < -0.4 is 5.11 Å². The predicted octanol–water partition coefficient (Wildman–Crippen LogP) is 0.698. The van der Waals surface area contributed by atoms with Crippen molar-refractivity contribution in [3.8, 4) is 0 Å². The first-order chi connectivity index (χ1) is 8.00. The molecular weight excluding hydrogens is 226 g/mol. The van der Waals surface area contributed by atoms with Gasteiger partial charge in [0.25, 0.3) is 5.69 Å². The molecule has 0 saturated carbocycles. The number of ketones is 1. The van der Waals surface area contributed by atoms with E-state index in [1.54, 1.807) is 0 Å². The van der Waals surface area contributed by atoms with Crippen molar-refractivity contribution in [2.75, 3.05) is 0 Å². The van der Waals surface area contributed by atoms with Gasteiger partial charge >= 0.3 is 0 Å². The van der Waals surface area contributed by atoms with Crippen LogP contribution in [0.25, 0.3) is 0 Å². The molecular formula is C11H10NO5-. The zero-order valence-corrected chi connectivity index (χ0v) is 8.92. The van der Waals surface area contributed by atoms with Crippen LogP contribution in [0.3, 0.4) is 0 Å². The lowest BCUT2D eigenvalue weighted by atomic mass is 10.1. The molecule has 6 nitrogen and oxygen atoms in total. The highest BCUT2D eigenvalue weighted by Crippen LogP contribution is 2.15. The first-order valence-electron chi connectivity index (χ1n) is 4.98. The van der Waals surface area contributed by atoms with E-state index in [0.29, 0.717) is 0 Å². The van der Waals surface area contributed by atoms with E-state index in [-0.39, 0.29) is 36.3 Å². The van der Waals surface area contributed by atoms with Gasteiger partial charge in [-0.25, -0.2) is 0 Å². The second-order valence-corrected chi connectivity index (χ2v) is 3.46. The first-order valence-corrected chi connectivity index (χ1v) is 4.98. The molecule has 0 bridgehead atoms. The lowest BCUT2D eigenvalue weighted by Gasteiger charge is -2.02. The number of nitrogens with zero attached hydrogens (tertiary/aromatic N) is 1. The molecule has 90 valence electrons. The number of rotatable bonds is 6. The molecule has 0 aliphatic rings. The molecule has 0 unspecified atom stereocenters. The lowest BCUT2D eigenvalue weighted by Crippen LogP contribution is -2.21. The van der Waals surface area contributed by atoms with Crippen molar-refractivity contribution in [3.05, 3.63) is 39.9 Å². The average molecular weight is 236 g/mol. The Morgan fingerprint density at radius 2 is 1.94 bits per heavy atom. The van der Waals surface area contributed by atoms with Gasteiger partial charge in [0, 0.05) is 30.1 Å². The summed E-state index contributed by atoms with van der Waals surface area (Å²) in [6.45, 7) is 0. The van der Waals surface area contributed by atoms with Gasteiger partial charge < -0.3 is 9.90 Å². The summed E-state index contributed by atoms with van der Waals surface area (Å²) in [6, 6.07) is 5.36. The number of aliphatic carboxylic acids is 1. The number of carbonyl (C=O) groups excluding carboxylic acids is 2. The van der Waals surface area contributed by atoms with Crippen molar-refractivity contribution < 1.29 is 19.6 Å². The fraction of sp³-hybridized carbons (Fsp3) is 0.273. The maximum atomic E-state index is 11.6. The number of carbonyl (C=O) groups is 2. The van der Waals surface area contributed by atoms with E-state index in [1.807, 2.05) is 0 Å². The molecule has 0 aliphatic carbocycles. The van der Waals surface area contributed by atoms with Crippen LogP contribution >= 0.6 is 0 Å². The second kappa shape index (κ2) is 5.74. The van der Waals surface area contributed by atoms with Crippen LogP contribution in [-0.2, 0) is 4.79 Å². The highest BCUT2D eigenvalue weighted by molar-refractivity contribution is 5.96. The van der Waals surface area contributed by atoms with Gasteiger partial charge in [0.2, 0.25) is 0 Å². The number of hydrogen-bond donors (Lipinski definition) is 0. The number of hydrogen-bond acceptors (Lipinski definition) is 5. The van der Waals surface area contributed by atoms with E-state index in [4.69, 9.17) is 0 Å². The Kier molecular flexibility index (Phi) is 4.33. The van der Waals surface area contributed by atoms with Crippen molar-refractivity contribution >= 4 is 17.4 Å². The molecule has 1 rings (SSSR count). The largest absolute Gasteiger partial charge is 0.550 e. The van der Waals surface area contributed by atoms with Gasteiger partial charge in [0.1, 0.15) is 0 Å². The monoisotopic (exact) mass is 236 g/mol. The van der Waals surface area contributed by atoms with E-state index in [1.165, 1.54) is 24.3 Å². The third-order valence-electron chi connectivity index (χ3n) is 2.16. The Bertz CT molecular complexity index is 455. The van der Waals surface area contributed by atoms with Crippen LogP contribution in [0, 0.1) is 10.1 Å². The first kappa shape index (κ1) is 12.8. The molecule has 1 aromatic rings. The zero-order chi connectivity index (χ0) is 12.8. The molecule has 0 amide bonds. The summed E-state index contributed by atoms with van der Waals surface area (Å²) in [5, 5.41) is 20.6. The molecule has 0 spiro atoms. The van der Waals surface area contributed by atoms with Crippen LogP contribution in [0.5, 0.6) is 0 Å². The van der Waals surface area contributed by atoms with E-state index < -0.39 is 10.9 Å². The van der Waals surface area contributed by atoms with Gasteiger partial charge in [-0.15, -0.1) is 0 Å². The molecule has 0 atom stereocenters. The summed E-state index contributed by atoms with van der Waals surface area (Å²) in [5.41, 5.74) is 0.0632. The Balaban J connectivity index is 2.65. The van der Waals surface area contributed by atoms with Crippen LogP contribution in [0.1, 0.15) is 29.6 Å². The fourth-order valence-electron chi connectivity index (χ4n) is 1.33. The SMILES string of the molecule is O=C([O-])CCCC(=O)c1cccc([N+](=O)[O-])c1. The molecule has 1 aromatic carbocycles. The molecule has 0 N–H and O–H groups in total. The van der Waals surface area contributed by atoms with E-state index in [2.05, 4.69) is 0 Å². The summed E-state index contributed by atoms with van der Waals surface area (Å²) in [7, 11) is 0. The van der Waals surface area contributed by atoms with Gasteiger partial charge in [0.15, 0.2) is 5.78 Å². The molecule has 0 saturated heterocycles. The number of Topliss-reactive ketones (excluding diaryl/α,β-unsaturated/α-hetero) is 1. The van der Waals surface area contributed by atoms with Crippen molar-refractivity contribution in [1.82, 2.24) is 0 Å². The highest BCUT2D eigenvalue weighted by Gasteiger charge is 2.10. The average Bonchev–Trinajstić information content (AvgIpc) is 2.28. The Morgan fingerprint density at radius 1 is 1.24 bits per heavy atom.